The maximum absolute atomic E-state index is 9.39. The predicted octanol–water partition coefficient (Wildman–Crippen LogP) is 4.23. The largest absolute Gasteiger partial charge is 0.392 e. The fraction of sp³-hybridized carbons (Fsp3) is 0.200. The van der Waals surface area contributed by atoms with Crippen LogP contribution in [0, 0.1) is 0 Å². The molecule has 0 aromatic heterocycles. The maximum atomic E-state index is 9.39. The van der Waals surface area contributed by atoms with E-state index in [0.717, 1.165) is 22.3 Å². The van der Waals surface area contributed by atoms with Crippen LogP contribution in [0.4, 0.5) is 5.69 Å². The van der Waals surface area contributed by atoms with Crippen molar-refractivity contribution in [2.24, 2.45) is 0 Å². The zero-order chi connectivity index (χ0) is 13.8. The Labute approximate surface area is 126 Å². The average Bonchev–Trinajstić information content (AvgIpc) is 2.38. The minimum Gasteiger partial charge on any atom is -0.392 e. The van der Waals surface area contributed by atoms with Crippen molar-refractivity contribution in [1.82, 2.24) is 0 Å². The standard InChI is InChI=1S/C15H15BrClNO/c1-18(9-11-3-2-4-13(16)7-11)15-8-14(17)6-5-12(15)10-19/h2-8,19H,9-10H2,1H3. The first-order valence-corrected chi connectivity index (χ1v) is 7.12. The molecule has 0 radical (unpaired) electrons. The Hall–Kier alpha value is -1.03. The number of rotatable bonds is 4. The summed E-state index contributed by atoms with van der Waals surface area (Å²) in [6.45, 7) is 0.766. The fourth-order valence-electron chi connectivity index (χ4n) is 2.02. The third-order valence-electron chi connectivity index (χ3n) is 2.94. The van der Waals surface area contributed by atoms with Crippen molar-refractivity contribution in [1.29, 1.82) is 0 Å². The van der Waals surface area contributed by atoms with Crippen LogP contribution in [0.25, 0.3) is 0 Å². The van der Waals surface area contributed by atoms with Crippen LogP contribution in [0.2, 0.25) is 5.02 Å². The molecule has 2 rings (SSSR count). The summed E-state index contributed by atoms with van der Waals surface area (Å²) in [5, 5.41) is 10.1. The Kier molecular flexibility index (Phi) is 4.86. The van der Waals surface area contributed by atoms with E-state index in [-0.39, 0.29) is 6.61 Å². The van der Waals surface area contributed by atoms with E-state index in [1.165, 1.54) is 5.56 Å². The van der Waals surface area contributed by atoms with Crippen LogP contribution in [-0.4, -0.2) is 12.2 Å². The van der Waals surface area contributed by atoms with Gasteiger partial charge < -0.3 is 10.0 Å². The third-order valence-corrected chi connectivity index (χ3v) is 3.67. The maximum Gasteiger partial charge on any atom is 0.0702 e. The van der Waals surface area contributed by atoms with E-state index in [2.05, 4.69) is 33.0 Å². The molecular formula is C15H15BrClNO. The quantitative estimate of drug-likeness (QED) is 0.900. The molecule has 0 heterocycles. The summed E-state index contributed by atoms with van der Waals surface area (Å²) in [7, 11) is 1.99. The van der Waals surface area contributed by atoms with E-state index in [4.69, 9.17) is 11.6 Å². The molecule has 0 unspecified atom stereocenters. The zero-order valence-corrected chi connectivity index (χ0v) is 12.9. The van der Waals surface area contributed by atoms with Gasteiger partial charge in [0, 0.05) is 34.3 Å². The highest BCUT2D eigenvalue weighted by Crippen LogP contribution is 2.25. The number of hydrogen-bond acceptors (Lipinski definition) is 2. The minimum atomic E-state index is 0.00925. The molecule has 0 saturated carbocycles. The summed E-state index contributed by atoms with van der Waals surface area (Å²) in [6.07, 6.45) is 0. The summed E-state index contributed by atoms with van der Waals surface area (Å²) in [5.41, 5.74) is 3.03. The van der Waals surface area contributed by atoms with Gasteiger partial charge >= 0.3 is 0 Å². The lowest BCUT2D eigenvalue weighted by Gasteiger charge is -2.22. The van der Waals surface area contributed by atoms with Crippen LogP contribution < -0.4 is 4.90 Å². The number of benzene rings is 2. The van der Waals surface area contributed by atoms with Gasteiger partial charge in [-0.05, 0) is 29.8 Å². The highest BCUT2D eigenvalue weighted by molar-refractivity contribution is 9.10. The van der Waals surface area contributed by atoms with Crippen LogP contribution in [0.5, 0.6) is 0 Å². The molecular weight excluding hydrogens is 326 g/mol. The molecule has 0 aliphatic rings. The average molecular weight is 341 g/mol. The van der Waals surface area contributed by atoms with Crippen molar-refractivity contribution in [3.63, 3.8) is 0 Å². The molecule has 19 heavy (non-hydrogen) atoms. The van der Waals surface area contributed by atoms with Gasteiger partial charge in [0.15, 0.2) is 0 Å². The lowest BCUT2D eigenvalue weighted by atomic mass is 10.1. The molecule has 0 fully saturated rings. The molecule has 0 amide bonds. The van der Waals surface area contributed by atoms with Crippen LogP contribution in [0.3, 0.4) is 0 Å². The molecule has 2 aromatic carbocycles. The molecule has 4 heteroatoms. The van der Waals surface area contributed by atoms with Gasteiger partial charge in [-0.15, -0.1) is 0 Å². The van der Waals surface area contributed by atoms with E-state index in [1.807, 2.05) is 31.3 Å². The summed E-state index contributed by atoms with van der Waals surface area (Å²) in [4.78, 5) is 2.08. The van der Waals surface area contributed by atoms with Crippen molar-refractivity contribution in [2.75, 3.05) is 11.9 Å². The lowest BCUT2D eigenvalue weighted by molar-refractivity contribution is 0.282. The van der Waals surface area contributed by atoms with Gasteiger partial charge in [-0.25, -0.2) is 0 Å². The number of anilines is 1. The normalized spacial score (nSPS) is 10.5. The van der Waals surface area contributed by atoms with E-state index in [0.29, 0.717) is 5.02 Å². The van der Waals surface area contributed by atoms with Gasteiger partial charge in [0.2, 0.25) is 0 Å². The first kappa shape index (κ1) is 14.4. The van der Waals surface area contributed by atoms with Crippen LogP contribution in [0.15, 0.2) is 46.9 Å². The highest BCUT2D eigenvalue weighted by atomic mass is 79.9. The summed E-state index contributed by atoms with van der Waals surface area (Å²) in [5.74, 6) is 0. The molecule has 1 N–H and O–H groups in total. The van der Waals surface area contributed by atoms with Crippen LogP contribution >= 0.6 is 27.5 Å². The number of halogens is 2. The Bertz CT molecular complexity index is 574. The smallest absolute Gasteiger partial charge is 0.0702 e. The Morgan fingerprint density at radius 3 is 2.68 bits per heavy atom. The summed E-state index contributed by atoms with van der Waals surface area (Å²) < 4.78 is 1.06. The first-order valence-electron chi connectivity index (χ1n) is 5.95. The Balaban J connectivity index is 2.24. The zero-order valence-electron chi connectivity index (χ0n) is 10.6. The molecule has 0 bridgehead atoms. The predicted molar refractivity (Wildman–Crippen MR) is 83.6 cm³/mol. The van der Waals surface area contributed by atoms with Crippen LogP contribution in [0.1, 0.15) is 11.1 Å². The summed E-state index contributed by atoms with van der Waals surface area (Å²) >= 11 is 9.50. The lowest BCUT2D eigenvalue weighted by Crippen LogP contribution is -2.18. The minimum absolute atomic E-state index is 0.00925. The van der Waals surface area contributed by atoms with Gasteiger partial charge in [0.1, 0.15) is 0 Å². The molecule has 0 aliphatic carbocycles. The number of hydrogen-bond donors (Lipinski definition) is 1. The van der Waals surface area contributed by atoms with Crippen molar-refractivity contribution >= 4 is 33.2 Å². The fourth-order valence-corrected chi connectivity index (χ4v) is 2.63. The van der Waals surface area contributed by atoms with Crippen molar-refractivity contribution in [3.05, 3.63) is 63.1 Å². The first-order chi connectivity index (χ1) is 9.10. The molecule has 0 aliphatic heterocycles. The van der Waals surface area contributed by atoms with E-state index in [1.54, 1.807) is 6.07 Å². The van der Waals surface area contributed by atoms with Gasteiger partial charge in [0.05, 0.1) is 6.61 Å². The summed E-state index contributed by atoms with van der Waals surface area (Å²) in [6, 6.07) is 13.7. The molecule has 2 aromatic rings. The van der Waals surface area contributed by atoms with Crippen molar-refractivity contribution in [3.8, 4) is 0 Å². The molecule has 0 saturated heterocycles. The number of nitrogens with zero attached hydrogens (tertiary/aromatic N) is 1. The SMILES string of the molecule is CN(Cc1cccc(Br)c1)c1cc(Cl)ccc1CO. The third kappa shape index (κ3) is 3.72. The van der Waals surface area contributed by atoms with E-state index in [9.17, 15) is 5.11 Å². The van der Waals surface area contributed by atoms with Gasteiger partial charge in [-0.1, -0.05) is 45.7 Å². The number of aliphatic hydroxyl groups excluding tert-OH is 1. The monoisotopic (exact) mass is 339 g/mol. The second-order valence-electron chi connectivity index (χ2n) is 4.42. The van der Waals surface area contributed by atoms with Crippen molar-refractivity contribution < 1.29 is 5.11 Å². The van der Waals surface area contributed by atoms with Gasteiger partial charge in [-0.2, -0.15) is 0 Å². The van der Waals surface area contributed by atoms with Gasteiger partial charge in [-0.3, -0.25) is 0 Å². The molecule has 0 atom stereocenters. The van der Waals surface area contributed by atoms with Crippen molar-refractivity contribution in [2.45, 2.75) is 13.2 Å². The molecule has 100 valence electrons. The Morgan fingerprint density at radius 1 is 1.21 bits per heavy atom. The second kappa shape index (κ2) is 6.42. The molecule has 2 nitrogen and oxygen atoms in total. The second-order valence-corrected chi connectivity index (χ2v) is 5.77. The van der Waals surface area contributed by atoms with E-state index < -0.39 is 0 Å². The number of aliphatic hydroxyl groups is 1. The topological polar surface area (TPSA) is 23.5 Å². The van der Waals surface area contributed by atoms with Crippen LogP contribution in [-0.2, 0) is 13.2 Å². The highest BCUT2D eigenvalue weighted by Gasteiger charge is 2.08. The molecule has 0 spiro atoms. The Morgan fingerprint density at radius 2 is 2.00 bits per heavy atom. The van der Waals surface area contributed by atoms with Gasteiger partial charge in [0.25, 0.3) is 0 Å². The van der Waals surface area contributed by atoms with E-state index >= 15 is 0 Å².